The van der Waals surface area contributed by atoms with E-state index in [4.69, 9.17) is 0 Å². The molecule has 4 aromatic rings. The van der Waals surface area contributed by atoms with Crippen LogP contribution in [0.15, 0.2) is 54.9 Å². The summed E-state index contributed by atoms with van der Waals surface area (Å²) in [5, 5.41) is 4.62. The van der Waals surface area contributed by atoms with Crippen molar-refractivity contribution in [1.82, 2.24) is 19.5 Å². The van der Waals surface area contributed by atoms with E-state index in [9.17, 15) is 17.6 Å². The van der Waals surface area contributed by atoms with Gasteiger partial charge in [0, 0.05) is 62.3 Å². The number of hydrogen-bond acceptors (Lipinski definition) is 7. The molecule has 9 nitrogen and oxygen atoms in total. The van der Waals surface area contributed by atoms with Gasteiger partial charge in [-0.1, -0.05) is 19.1 Å². The van der Waals surface area contributed by atoms with E-state index in [1.54, 1.807) is 13.1 Å². The van der Waals surface area contributed by atoms with Crippen molar-refractivity contribution >= 4 is 32.8 Å². The number of piperazine rings is 1. The topological polar surface area (TPSA) is 99.9 Å². The fourth-order valence-electron chi connectivity index (χ4n) is 4.72. The summed E-state index contributed by atoms with van der Waals surface area (Å²) in [4.78, 5) is 22.0. The highest BCUT2D eigenvalue weighted by Gasteiger charge is 2.23. The third-order valence-corrected chi connectivity index (χ3v) is 8.33. The molecule has 1 aliphatic rings. The fraction of sp³-hybridized carbons (Fsp3) is 0.321. The summed E-state index contributed by atoms with van der Waals surface area (Å²) in [6, 6.07) is 11.8. The first-order valence-electron chi connectivity index (χ1n) is 13.0. The molecule has 0 unspecified atom stereocenters. The zero-order valence-electron chi connectivity index (χ0n) is 22.3. The molecule has 0 atom stereocenters. The zero-order chi connectivity index (χ0) is 28.4. The molecule has 3 heterocycles. The van der Waals surface area contributed by atoms with Gasteiger partial charge >= 0.3 is 0 Å². The van der Waals surface area contributed by atoms with Gasteiger partial charge in [-0.2, -0.15) is 5.10 Å². The minimum atomic E-state index is -3.83. The normalized spacial score (nSPS) is 14.6. The molecule has 0 amide bonds. The minimum absolute atomic E-state index is 0.231. The van der Waals surface area contributed by atoms with Gasteiger partial charge in [-0.05, 0) is 43.3 Å². The predicted molar refractivity (Wildman–Crippen MR) is 150 cm³/mol. The molecule has 0 saturated carbocycles. The van der Waals surface area contributed by atoms with Gasteiger partial charge < -0.3 is 9.80 Å². The first kappa shape index (κ1) is 27.7. The average Bonchev–Trinajstić information content (AvgIpc) is 3.34. The van der Waals surface area contributed by atoms with E-state index in [0.717, 1.165) is 49.6 Å². The maximum Gasteiger partial charge on any atom is 0.232 e. The molecule has 2 aromatic heterocycles. The van der Waals surface area contributed by atoms with Crippen molar-refractivity contribution in [2.24, 2.45) is 0 Å². The smallest absolute Gasteiger partial charge is 0.232 e. The first-order valence-corrected chi connectivity index (χ1v) is 14.7. The Morgan fingerprint density at radius 3 is 2.60 bits per heavy atom. The summed E-state index contributed by atoms with van der Waals surface area (Å²) in [6.07, 6.45) is 3.02. The maximum atomic E-state index is 15.1. The van der Waals surface area contributed by atoms with Crippen molar-refractivity contribution in [2.45, 2.75) is 19.8 Å². The number of hydrogen-bond donors (Lipinski definition) is 1. The maximum absolute atomic E-state index is 15.1. The number of carbonyl (C=O) groups excluding carboxylic acids is 1. The minimum Gasteiger partial charge on any atom is -0.369 e. The number of Topliss-reactive ketones (excluding diaryl/α,β-unsaturated/α-hetero) is 1. The lowest BCUT2D eigenvalue weighted by atomic mass is 10.0. The van der Waals surface area contributed by atoms with Gasteiger partial charge in [0.25, 0.3) is 0 Å². The molecule has 0 spiro atoms. The van der Waals surface area contributed by atoms with Crippen LogP contribution >= 0.6 is 0 Å². The Hall–Kier alpha value is -3.90. The van der Waals surface area contributed by atoms with Crippen molar-refractivity contribution in [1.29, 1.82) is 0 Å². The van der Waals surface area contributed by atoms with Crippen molar-refractivity contribution in [3.63, 3.8) is 0 Å². The standard InChI is InChI=1S/C28H30F2N6O3S/c1-3-13-40(38,39)33-23-8-7-22(29)27(28(23)30)25(37)14-19-17-31-26-16-24(32-36(26)18-19)20-5-4-6-21(15-20)35-11-9-34(2)10-12-35/h4-8,15-18,33H,3,9-14H2,1-2H3. The van der Waals surface area contributed by atoms with Crippen LogP contribution < -0.4 is 9.62 Å². The van der Waals surface area contributed by atoms with Crippen molar-refractivity contribution < 1.29 is 22.0 Å². The first-order chi connectivity index (χ1) is 19.1. The largest absolute Gasteiger partial charge is 0.369 e. The number of nitrogens with zero attached hydrogens (tertiary/aromatic N) is 5. The van der Waals surface area contributed by atoms with E-state index in [2.05, 4.69) is 43.8 Å². The van der Waals surface area contributed by atoms with E-state index in [-0.39, 0.29) is 12.2 Å². The summed E-state index contributed by atoms with van der Waals surface area (Å²) in [6.45, 7) is 5.54. The number of benzene rings is 2. The Kier molecular flexibility index (Phi) is 7.81. The molecule has 1 N–H and O–H groups in total. The lowest BCUT2D eigenvalue weighted by Gasteiger charge is -2.34. The lowest BCUT2D eigenvalue weighted by molar-refractivity contribution is 0.0984. The number of ketones is 1. The van der Waals surface area contributed by atoms with E-state index >= 15 is 4.39 Å². The van der Waals surface area contributed by atoms with Gasteiger partial charge in [0.2, 0.25) is 10.0 Å². The number of aromatic nitrogens is 3. The second-order valence-corrected chi connectivity index (χ2v) is 11.8. The molecule has 2 aromatic carbocycles. The monoisotopic (exact) mass is 568 g/mol. The number of likely N-dealkylation sites (N-methyl/N-ethyl adjacent to an activating group) is 1. The van der Waals surface area contributed by atoms with Crippen LogP contribution in [-0.4, -0.2) is 72.7 Å². The molecule has 0 aliphatic carbocycles. The summed E-state index contributed by atoms with van der Waals surface area (Å²) in [5.74, 6) is -3.40. The molecule has 5 rings (SSSR count). The SMILES string of the molecule is CCCS(=O)(=O)Nc1ccc(F)c(C(=O)Cc2cnc3cc(-c4cccc(N5CCN(C)CC5)c4)nn3c2)c1F. The third kappa shape index (κ3) is 5.97. The van der Waals surface area contributed by atoms with Gasteiger partial charge in [0.1, 0.15) is 5.82 Å². The summed E-state index contributed by atoms with van der Waals surface area (Å²) in [5.41, 5.74) is 2.42. The van der Waals surface area contributed by atoms with Crippen molar-refractivity contribution in [3.8, 4) is 11.3 Å². The van der Waals surface area contributed by atoms with Crippen LogP contribution in [0.25, 0.3) is 16.9 Å². The van der Waals surface area contributed by atoms with E-state index in [1.807, 2.05) is 18.2 Å². The van der Waals surface area contributed by atoms with Crippen LogP contribution in [0.2, 0.25) is 0 Å². The zero-order valence-corrected chi connectivity index (χ0v) is 23.1. The van der Waals surface area contributed by atoms with Crippen LogP contribution in [0.3, 0.4) is 0 Å². The molecular weight excluding hydrogens is 538 g/mol. The van der Waals surface area contributed by atoms with E-state index < -0.39 is 38.7 Å². The number of nitrogens with one attached hydrogen (secondary N) is 1. The number of anilines is 2. The number of rotatable bonds is 9. The van der Waals surface area contributed by atoms with Crippen molar-refractivity contribution in [3.05, 3.63) is 77.6 Å². The summed E-state index contributed by atoms with van der Waals surface area (Å²) in [7, 11) is -1.71. The molecule has 1 fully saturated rings. The second-order valence-electron chi connectivity index (χ2n) is 9.94. The number of halogens is 2. The summed E-state index contributed by atoms with van der Waals surface area (Å²) < 4.78 is 57.3. The Balaban J connectivity index is 1.36. The molecule has 40 heavy (non-hydrogen) atoms. The Labute approximate surface area is 231 Å². The Morgan fingerprint density at radius 2 is 1.85 bits per heavy atom. The van der Waals surface area contributed by atoms with Crippen LogP contribution in [0, 0.1) is 11.6 Å². The van der Waals surface area contributed by atoms with Gasteiger partial charge in [0.15, 0.2) is 17.2 Å². The van der Waals surface area contributed by atoms with Crippen LogP contribution in [0.5, 0.6) is 0 Å². The molecule has 1 saturated heterocycles. The fourth-order valence-corrected chi connectivity index (χ4v) is 5.85. The molecular formula is C28H30F2N6O3S. The van der Waals surface area contributed by atoms with E-state index in [1.165, 1.54) is 10.7 Å². The van der Waals surface area contributed by atoms with Gasteiger partial charge in [-0.25, -0.2) is 26.7 Å². The van der Waals surface area contributed by atoms with Crippen LogP contribution in [-0.2, 0) is 16.4 Å². The average molecular weight is 569 g/mol. The number of fused-ring (bicyclic) bond motifs is 1. The summed E-state index contributed by atoms with van der Waals surface area (Å²) >= 11 is 0. The van der Waals surface area contributed by atoms with Gasteiger partial charge in [-0.3, -0.25) is 9.52 Å². The quantitative estimate of drug-likeness (QED) is 0.305. The molecule has 0 radical (unpaired) electrons. The molecule has 1 aliphatic heterocycles. The second kappa shape index (κ2) is 11.3. The van der Waals surface area contributed by atoms with E-state index in [0.29, 0.717) is 23.3 Å². The Bertz CT molecular complexity index is 1670. The number of carbonyl (C=O) groups is 1. The molecule has 12 heteroatoms. The van der Waals surface area contributed by atoms with Crippen LogP contribution in [0.1, 0.15) is 29.3 Å². The Morgan fingerprint density at radius 1 is 1.07 bits per heavy atom. The highest BCUT2D eigenvalue weighted by atomic mass is 32.2. The highest BCUT2D eigenvalue weighted by Crippen LogP contribution is 2.27. The number of sulfonamides is 1. The predicted octanol–water partition coefficient (Wildman–Crippen LogP) is 4.00. The van der Waals surface area contributed by atoms with Gasteiger partial charge in [-0.15, -0.1) is 0 Å². The highest BCUT2D eigenvalue weighted by molar-refractivity contribution is 7.92. The van der Waals surface area contributed by atoms with Crippen molar-refractivity contribution in [2.75, 3.05) is 48.6 Å². The molecule has 0 bridgehead atoms. The third-order valence-electron chi connectivity index (χ3n) is 6.85. The van der Waals surface area contributed by atoms with Gasteiger partial charge in [0.05, 0.1) is 22.7 Å². The molecule has 210 valence electrons. The van der Waals surface area contributed by atoms with Crippen LogP contribution in [0.4, 0.5) is 20.2 Å². The lowest BCUT2D eigenvalue weighted by Crippen LogP contribution is -2.44.